The molecule has 6 unspecified atom stereocenters. The Balaban J connectivity index is 1.79. The Hall–Kier alpha value is -1.59. The summed E-state index contributed by atoms with van der Waals surface area (Å²) in [5.41, 5.74) is -0.916. The number of hydrogen-bond donors (Lipinski definition) is 2. The number of allylic oxidation sites excluding steroid dienone is 4. The van der Waals surface area contributed by atoms with Gasteiger partial charge in [0.25, 0.3) is 0 Å². The molecular formula is C22H28O5. The van der Waals surface area contributed by atoms with Crippen LogP contribution in [0.1, 0.15) is 52.9 Å². The molecule has 4 aliphatic carbocycles. The fraction of sp³-hybridized carbons (Fsp3) is 0.682. The predicted octanol–water partition coefficient (Wildman–Crippen LogP) is 2.16. The number of rotatable bonds is 2. The van der Waals surface area contributed by atoms with Crippen LogP contribution in [0.4, 0.5) is 0 Å². The lowest BCUT2D eigenvalue weighted by atomic mass is 9.45. The van der Waals surface area contributed by atoms with Gasteiger partial charge in [-0.1, -0.05) is 25.0 Å². The minimum absolute atomic E-state index is 0.00435. The highest BCUT2D eigenvalue weighted by Gasteiger charge is 2.68. The van der Waals surface area contributed by atoms with Crippen molar-refractivity contribution in [2.45, 2.75) is 58.5 Å². The number of carbonyl (C=O) groups excluding carboxylic acids is 3. The van der Waals surface area contributed by atoms with E-state index in [0.717, 1.165) is 24.0 Å². The molecule has 5 heteroatoms. The Bertz CT molecular complexity index is 808. The average molecular weight is 372 g/mol. The van der Waals surface area contributed by atoms with Crippen LogP contribution in [0.3, 0.4) is 0 Å². The molecule has 0 amide bonds. The summed E-state index contributed by atoms with van der Waals surface area (Å²) < 4.78 is 0. The van der Waals surface area contributed by atoms with E-state index in [9.17, 15) is 24.6 Å². The van der Waals surface area contributed by atoms with Crippen molar-refractivity contribution < 1.29 is 24.6 Å². The van der Waals surface area contributed by atoms with Crippen molar-refractivity contribution in [1.82, 2.24) is 0 Å². The highest BCUT2D eigenvalue weighted by atomic mass is 16.3. The number of carbonyl (C=O) groups is 3. The third-order valence-corrected chi connectivity index (χ3v) is 8.55. The highest BCUT2D eigenvalue weighted by Crippen LogP contribution is 2.66. The van der Waals surface area contributed by atoms with Gasteiger partial charge in [-0.25, -0.2) is 0 Å². The SMILES string of the molecule is CC1=CC(=O)C=C2CCC3C(C(=O)CC4(C)C3CCC4(O)C(=O)CO)C12C. The van der Waals surface area contributed by atoms with E-state index in [2.05, 4.69) is 6.92 Å². The number of Topliss-reactive ketones (excluding diaryl/α,β-unsaturated/α-hetero) is 2. The number of ketones is 3. The summed E-state index contributed by atoms with van der Waals surface area (Å²) in [6.45, 7) is 5.17. The minimum Gasteiger partial charge on any atom is -0.388 e. The largest absolute Gasteiger partial charge is 0.388 e. The second kappa shape index (κ2) is 5.71. The van der Waals surface area contributed by atoms with Crippen LogP contribution in [-0.4, -0.2) is 39.8 Å². The summed E-state index contributed by atoms with van der Waals surface area (Å²) in [7, 11) is 0. The molecule has 4 aliphatic rings. The molecule has 0 aromatic rings. The molecule has 6 atom stereocenters. The van der Waals surface area contributed by atoms with Crippen molar-refractivity contribution in [1.29, 1.82) is 0 Å². The molecular weight excluding hydrogens is 344 g/mol. The number of hydrogen-bond acceptors (Lipinski definition) is 5. The molecule has 0 saturated heterocycles. The standard InChI is InChI=1S/C22H28O5/c1-12-8-14(24)9-13-4-5-15-16-6-7-22(27,18(26)11-23)20(16,2)10-17(25)19(15)21(12,13)3/h8-9,15-16,19,23,27H,4-7,10-11H2,1-3H3. The lowest BCUT2D eigenvalue weighted by Gasteiger charge is -2.57. The monoisotopic (exact) mass is 372 g/mol. The first kappa shape index (κ1) is 18.8. The van der Waals surface area contributed by atoms with Crippen molar-refractivity contribution >= 4 is 17.3 Å². The van der Waals surface area contributed by atoms with Gasteiger partial charge in [-0.15, -0.1) is 0 Å². The second-order valence-corrected chi connectivity index (χ2v) is 9.43. The maximum atomic E-state index is 13.4. The van der Waals surface area contributed by atoms with Crippen LogP contribution in [0.2, 0.25) is 0 Å². The van der Waals surface area contributed by atoms with Gasteiger partial charge in [0.15, 0.2) is 11.6 Å². The molecule has 5 nitrogen and oxygen atoms in total. The van der Waals surface area contributed by atoms with Crippen LogP contribution >= 0.6 is 0 Å². The van der Waals surface area contributed by atoms with Gasteiger partial charge >= 0.3 is 0 Å². The zero-order valence-electron chi connectivity index (χ0n) is 16.2. The van der Waals surface area contributed by atoms with E-state index >= 15 is 0 Å². The molecule has 4 rings (SSSR count). The first-order valence-electron chi connectivity index (χ1n) is 9.92. The van der Waals surface area contributed by atoms with E-state index in [-0.39, 0.29) is 35.7 Å². The fourth-order valence-corrected chi connectivity index (χ4v) is 6.97. The molecule has 0 heterocycles. The van der Waals surface area contributed by atoms with Crippen molar-refractivity contribution in [2.24, 2.45) is 28.6 Å². The van der Waals surface area contributed by atoms with Crippen LogP contribution < -0.4 is 0 Å². The third kappa shape index (κ3) is 2.16. The number of fused-ring (bicyclic) bond motifs is 5. The Morgan fingerprint density at radius 3 is 2.59 bits per heavy atom. The Morgan fingerprint density at radius 2 is 1.93 bits per heavy atom. The first-order valence-corrected chi connectivity index (χ1v) is 9.92. The lowest BCUT2D eigenvalue weighted by Crippen LogP contribution is -2.61. The van der Waals surface area contributed by atoms with Gasteiger partial charge in [-0.3, -0.25) is 14.4 Å². The lowest BCUT2D eigenvalue weighted by molar-refractivity contribution is -0.169. The van der Waals surface area contributed by atoms with Crippen molar-refractivity contribution in [3.05, 3.63) is 23.3 Å². The summed E-state index contributed by atoms with van der Waals surface area (Å²) in [4.78, 5) is 37.8. The molecule has 0 aromatic carbocycles. The van der Waals surface area contributed by atoms with Crippen molar-refractivity contribution in [3.63, 3.8) is 0 Å². The van der Waals surface area contributed by atoms with E-state index in [1.807, 2.05) is 13.8 Å². The van der Waals surface area contributed by atoms with Crippen LogP contribution in [0.5, 0.6) is 0 Å². The number of aliphatic hydroxyl groups is 2. The van der Waals surface area contributed by atoms with E-state index < -0.39 is 28.8 Å². The van der Waals surface area contributed by atoms with Crippen molar-refractivity contribution in [3.8, 4) is 0 Å². The van der Waals surface area contributed by atoms with Gasteiger partial charge in [-0.2, -0.15) is 0 Å². The first-order chi connectivity index (χ1) is 12.6. The average Bonchev–Trinajstić information content (AvgIpc) is 2.87. The van der Waals surface area contributed by atoms with Crippen LogP contribution in [0, 0.1) is 28.6 Å². The van der Waals surface area contributed by atoms with Gasteiger partial charge in [0.05, 0.1) is 0 Å². The highest BCUT2D eigenvalue weighted by molar-refractivity contribution is 6.02. The van der Waals surface area contributed by atoms with E-state index in [1.165, 1.54) is 0 Å². The van der Waals surface area contributed by atoms with E-state index in [4.69, 9.17) is 0 Å². The molecule has 27 heavy (non-hydrogen) atoms. The van der Waals surface area contributed by atoms with Crippen molar-refractivity contribution in [2.75, 3.05) is 6.61 Å². The molecule has 0 bridgehead atoms. The Labute approximate surface area is 159 Å². The van der Waals surface area contributed by atoms with Gasteiger partial charge in [0.1, 0.15) is 18.0 Å². The summed E-state index contributed by atoms with van der Waals surface area (Å²) in [6.07, 6.45) is 6.03. The molecule has 0 radical (unpaired) electrons. The van der Waals surface area contributed by atoms with Gasteiger partial charge in [0, 0.05) is 23.2 Å². The smallest absolute Gasteiger partial charge is 0.190 e. The van der Waals surface area contributed by atoms with Crippen LogP contribution in [0.25, 0.3) is 0 Å². The third-order valence-electron chi connectivity index (χ3n) is 8.55. The second-order valence-electron chi connectivity index (χ2n) is 9.43. The fourth-order valence-electron chi connectivity index (χ4n) is 6.97. The number of aliphatic hydroxyl groups excluding tert-OH is 1. The van der Waals surface area contributed by atoms with Gasteiger partial charge in [0.2, 0.25) is 0 Å². The molecule has 3 fully saturated rings. The maximum absolute atomic E-state index is 13.4. The molecule has 146 valence electrons. The topological polar surface area (TPSA) is 91.7 Å². The molecule has 0 aliphatic heterocycles. The quantitative estimate of drug-likeness (QED) is 0.775. The molecule has 2 N–H and O–H groups in total. The van der Waals surface area contributed by atoms with Crippen LogP contribution in [0.15, 0.2) is 23.3 Å². The molecule has 0 aromatic heterocycles. The molecule has 0 spiro atoms. The van der Waals surface area contributed by atoms with E-state index in [0.29, 0.717) is 12.8 Å². The Morgan fingerprint density at radius 1 is 1.22 bits per heavy atom. The zero-order valence-corrected chi connectivity index (χ0v) is 16.2. The summed E-state index contributed by atoms with van der Waals surface area (Å²) >= 11 is 0. The van der Waals surface area contributed by atoms with E-state index in [1.54, 1.807) is 12.2 Å². The molecule has 3 saturated carbocycles. The summed E-state index contributed by atoms with van der Waals surface area (Å²) in [5.74, 6) is -0.581. The van der Waals surface area contributed by atoms with Gasteiger partial charge in [-0.05, 0) is 56.6 Å². The van der Waals surface area contributed by atoms with Crippen LogP contribution in [-0.2, 0) is 14.4 Å². The summed E-state index contributed by atoms with van der Waals surface area (Å²) in [6, 6.07) is 0. The van der Waals surface area contributed by atoms with Gasteiger partial charge < -0.3 is 10.2 Å². The normalized spacial score (nSPS) is 46.2. The minimum atomic E-state index is -1.63. The maximum Gasteiger partial charge on any atom is 0.190 e. The predicted molar refractivity (Wildman–Crippen MR) is 98.7 cm³/mol. The Kier molecular flexibility index (Phi) is 3.97. The zero-order chi connectivity index (χ0) is 19.8. The summed E-state index contributed by atoms with van der Waals surface area (Å²) in [5, 5.41) is 20.6.